The standard InChI is InChI=1S/C13H9Br2FN2O3/c1-21-10-5-9(7(14)4-8(10)15)18-12-11(16)6(13(19)20)2-3-17-12/h2-5H,1H3,(H,17,18)(H,19,20). The second-order valence-electron chi connectivity index (χ2n) is 3.92. The number of nitrogens with one attached hydrogen (secondary N) is 1. The highest BCUT2D eigenvalue weighted by atomic mass is 79.9. The van der Waals surface area contributed by atoms with Gasteiger partial charge in [-0.2, -0.15) is 0 Å². The van der Waals surface area contributed by atoms with Crippen LogP contribution >= 0.6 is 31.9 Å². The Balaban J connectivity index is 2.43. The van der Waals surface area contributed by atoms with Gasteiger partial charge in [0.1, 0.15) is 11.3 Å². The topological polar surface area (TPSA) is 71.5 Å². The second kappa shape index (κ2) is 6.40. The first kappa shape index (κ1) is 15.7. The SMILES string of the molecule is COc1cc(Nc2nccc(C(=O)O)c2F)c(Br)cc1Br. The molecule has 1 heterocycles. The molecule has 21 heavy (non-hydrogen) atoms. The maximum atomic E-state index is 14.0. The van der Waals surface area contributed by atoms with E-state index in [2.05, 4.69) is 42.2 Å². The monoisotopic (exact) mass is 418 g/mol. The minimum atomic E-state index is -1.36. The summed E-state index contributed by atoms with van der Waals surface area (Å²) in [5, 5.41) is 11.6. The number of benzene rings is 1. The highest BCUT2D eigenvalue weighted by Crippen LogP contribution is 2.36. The first-order valence-electron chi connectivity index (χ1n) is 5.62. The third-order valence-corrected chi connectivity index (χ3v) is 3.89. The number of hydrogen-bond donors (Lipinski definition) is 2. The molecule has 0 radical (unpaired) electrons. The van der Waals surface area contributed by atoms with Crippen LogP contribution < -0.4 is 10.1 Å². The van der Waals surface area contributed by atoms with Gasteiger partial charge in [0.05, 0.1) is 17.3 Å². The molecule has 1 aromatic heterocycles. The van der Waals surface area contributed by atoms with E-state index in [1.165, 1.54) is 13.3 Å². The molecule has 1 aromatic carbocycles. The van der Waals surface area contributed by atoms with Gasteiger partial charge >= 0.3 is 5.97 Å². The van der Waals surface area contributed by atoms with E-state index < -0.39 is 17.3 Å². The molecule has 0 aliphatic heterocycles. The molecule has 0 unspecified atom stereocenters. The Morgan fingerprint density at radius 2 is 2.10 bits per heavy atom. The van der Waals surface area contributed by atoms with Crippen molar-refractivity contribution in [3.63, 3.8) is 0 Å². The number of aromatic nitrogens is 1. The van der Waals surface area contributed by atoms with Crippen LogP contribution in [0.1, 0.15) is 10.4 Å². The quantitative estimate of drug-likeness (QED) is 0.777. The van der Waals surface area contributed by atoms with Crippen LogP contribution in [0.15, 0.2) is 33.3 Å². The van der Waals surface area contributed by atoms with Crippen LogP contribution in [-0.4, -0.2) is 23.2 Å². The number of methoxy groups -OCH3 is 1. The third-order valence-electron chi connectivity index (χ3n) is 2.61. The van der Waals surface area contributed by atoms with Crippen molar-refractivity contribution >= 4 is 49.3 Å². The number of pyridine rings is 1. The molecule has 0 bridgehead atoms. The van der Waals surface area contributed by atoms with E-state index in [0.717, 1.165) is 10.5 Å². The summed E-state index contributed by atoms with van der Waals surface area (Å²) in [7, 11) is 1.50. The lowest BCUT2D eigenvalue weighted by Gasteiger charge is -2.12. The summed E-state index contributed by atoms with van der Waals surface area (Å²) >= 11 is 6.65. The van der Waals surface area contributed by atoms with E-state index in [1.807, 2.05) is 0 Å². The summed E-state index contributed by atoms with van der Waals surface area (Å²) in [6.07, 6.45) is 1.22. The first-order valence-corrected chi connectivity index (χ1v) is 7.20. The van der Waals surface area contributed by atoms with Gasteiger partial charge in [-0.15, -0.1) is 0 Å². The molecular formula is C13H9Br2FN2O3. The van der Waals surface area contributed by atoms with Gasteiger partial charge in [0.2, 0.25) is 0 Å². The molecular weight excluding hydrogens is 411 g/mol. The van der Waals surface area contributed by atoms with Crippen LogP contribution in [0.5, 0.6) is 5.75 Å². The van der Waals surface area contributed by atoms with E-state index >= 15 is 0 Å². The maximum Gasteiger partial charge on any atom is 0.338 e. The van der Waals surface area contributed by atoms with Crippen LogP contribution in [0.25, 0.3) is 0 Å². The Bertz CT molecular complexity index is 710. The van der Waals surface area contributed by atoms with Crippen LogP contribution in [0.3, 0.4) is 0 Å². The first-order chi connectivity index (χ1) is 9.93. The fraction of sp³-hybridized carbons (Fsp3) is 0.0769. The Labute approximate surface area is 136 Å². The number of halogens is 3. The summed E-state index contributed by atoms with van der Waals surface area (Å²) < 4.78 is 20.5. The molecule has 2 N–H and O–H groups in total. The summed E-state index contributed by atoms with van der Waals surface area (Å²) in [4.78, 5) is 14.7. The third kappa shape index (κ3) is 3.33. The molecule has 2 aromatic rings. The van der Waals surface area contributed by atoms with Crippen molar-refractivity contribution in [2.24, 2.45) is 0 Å². The molecule has 0 amide bonds. The number of carboxylic acids is 1. The highest BCUT2D eigenvalue weighted by Gasteiger charge is 2.16. The minimum absolute atomic E-state index is 0.181. The largest absolute Gasteiger partial charge is 0.495 e. The average Bonchev–Trinajstić information content (AvgIpc) is 2.43. The number of carboxylic acid groups (broad SMARTS) is 1. The lowest BCUT2D eigenvalue weighted by molar-refractivity contribution is 0.0692. The van der Waals surface area contributed by atoms with E-state index in [-0.39, 0.29) is 5.82 Å². The average molecular weight is 420 g/mol. The predicted octanol–water partition coefficient (Wildman–Crippen LogP) is 4.20. The zero-order valence-electron chi connectivity index (χ0n) is 10.7. The van der Waals surface area contributed by atoms with Gasteiger partial charge in [0.15, 0.2) is 11.6 Å². The molecule has 0 saturated carbocycles. The second-order valence-corrected chi connectivity index (χ2v) is 5.63. The minimum Gasteiger partial charge on any atom is -0.495 e. The molecule has 8 heteroatoms. The molecule has 110 valence electrons. The highest BCUT2D eigenvalue weighted by molar-refractivity contribution is 9.11. The van der Waals surface area contributed by atoms with Crippen LogP contribution in [0.2, 0.25) is 0 Å². The number of carbonyl (C=O) groups is 1. The summed E-state index contributed by atoms with van der Waals surface area (Å²) in [5.74, 6) is -1.93. The number of hydrogen-bond acceptors (Lipinski definition) is 4. The summed E-state index contributed by atoms with van der Waals surface area (Å²) in [6.45, 7) is 0. The van der Waals surface area contributed by atoms with Gasteiger partial charge in [-0.05, 0) is 44.0 Å². The van der Waals surface area contributed by atoms with Crippen molar-refractivity contribution < 1.29 is 19.0 Å². The van der Waals surface area contributed by atoms with E-state index in [1.54, 1.807) is 12.1 Å². The zero-order valence-corrected chi connectivity index (χ0v) is 13.8. The fourth-order valence-electron chi connectivity index (χ4n) is 1.60. The number of aromatic carboxylic acids is 1. The lowest BCUT2D eigenvalue weighted by Crippen LogP contribution is -2.06. The number of anilines is 2. The number of rotatable bonds is 4. The molecule has 0 aliphatic rings. The van der Waals surface area contributed by atoms with Crippen LogP contribution in [-0.2, 0) is 0 Å². The van der Waals surface area contributed by atoms with Gasteiger partial charge < -0.3 is 15.2 Å². The smallest absolute Gasteiger partial charge is 0.338 e. The van der Waals surface area contributed by atoms with Crippen molar-refractivity contribution in [1.29, 1.82) is 0 Å². The molecule has 0 aliphatic carbocycles. The zero-order chi connectivity index (χ0) is 15.6. The van der Waals surface area contributed by atoms with Gasteiger partial charge in [-0.3, -0.25) is 0 Å². The van der Waals surface area contributed by atoms with Crippen molar-refractivity contribution in [1.82, 2.24) is 4.98 Å². The maximum absolute atomic E-state index is 14.0. The van der Waals surface area contributed by atoms with E-state index in [0.29, 0.717) is 15.9 Å². The van der Waals surface area contributed by atoms with E-state index in [4.69, 9.17) is 9.84 Å². The van der Waals surface area contributed by atoms with Crippen molar-refractivity contribution in [3.05, 3.63) is 44.7 Å². The Hall–Kier alpha value is -1.67. The molecule has 0 saturated heterocycles. The Morgan fingerprint density at radius 3 is 2.71 bits per heavy atom. The van der Waals surface area contributed by atoms with Crippen LogP contribution in [0.4, 0.5) is 15.9 Å². The number of nitrogens with zero attached hydrogens (tertiary/aromatic N) is 1. The van der Waals surface area contributed by atoms with Crippen LogP contribution in [0, 0.1) is 5.82 Å². The Morgan fingerprint density at radius 1 is 1.38 bits per heavy atom. The van der Waals surface area contributed by atoms with Crippen molar-refractivity contribution in [2.45, 2.75) is 0 Å². The molecule has 0 fully saturated rings. The fourth-order valence-corrected chi connectivity index (χ4v) is 2.86. The summed E-state index contributed by atoms with van der Waals surface area (Å²) in [5.41, 5.74) is 0.0386. The van der Waals surface area contributed by atoms with Crippen molar-refractivity contribution in [2.75, 3.05) is 12.4 Å². The lowest BCUT2D eigenvalue weighted by atomic mass is 10.2. The molecule has 0 atom stereocenters. The van der Waals surface area contributed by atoms with E-state index in [9.17, 15) is 9.18 Å². The van der Waals surface area contributed by atoms with Gasteiger partial charge in [0, 0.05) is 16.7 Å². The molecule has 5 nitrogen and oxygen atoms in total. The summed E-state index contributed by atoms with van der Waals surface area (Å²) in [6, 6.07) is 4.45. The molecule has 0 spiro atoms. The normalized spacial score (nSPS) is 10.3. The van der Waals surface area contributed by atoms with Crippen molar-refractivity contribution in [3.8, 4) is 5.75 Å². The van der Waals surface area contributed by atoms with Gasteiger partial charge in [-0.25, -0.2) is 14.2 Å². The van der Waals surface area contributed by atoms with Gasteiger partial charge in [0.25, 0.3) is 0 Å². The Kier molecular flexibility index (Phi) is 4.79. The number of ether oxygens (including phenoxy) is 1. The predicted molar refractivity (Wildman–Crippen MR) is 82.8 cm³/mol. The molecule has 2 rings (SSSR count). The van der Waals surface area contributed by atoms with Gasteiger partial charge in [-0.1, -0.05) is 0 Å².